The molecule has 1 fully saturated rings. The van der Waals surface area contributed by atoms with Crippen LogP contribution in [0.1, 0.15) is 44.0 Å². The van der Waals surface area contributed by atoms with Crippen LogP contribution in [0.4, 0.5) is 10.5 Å². The molecule has 2 rings (SSSR count). The van der Waals surface area contributed by atoms with Gasteiger partial charge in [-0.1, -0.05) is 6.07 Å². The summed E-state index contributed by atoms with van der Waals surface area (Å²) in [5, 5.41) is 6.20. The minimum Gasteiger partial charge on any atom is -0.465 e. The highest BCUT2D eigenvalue weighted by Gasteiger charge is 2.31. The molecule has 0 spiro atoms. The van der Waals surface area contributed by atoms with Gasteiger partial charge in [-0.05, 0) is 51.8 Å². The third kappa shape index (κ3) is 5.16. The van der Waals surface area contributed by atoms with Crippen molar-refractivity contribution in [2.24, 2.45) is 0 Å². The minimum absolute atomic E-state index is 0.117. The first kappa shape index (κ1) is 17.1. The maximum Gasteiger partial charge on any atom is 0.407 e. The number of carbonyl (C=O) groups is 2. The molecule has 1 aliphatic rings. The fraction of sp³-hybridized carbons (Fsp3) is 0.529. The van der Waals surface area contributed by atoms with Crippen molar-refractivity contribution in [2.75, 3.05) is 12.4 Å². The first-order valence-electron chi connectivity index (χ1n) is 7.71. The van der Waals surface area contributed by atoms with E-state index < -0.39 is 5.60 Å². The van der Waals surface area contributed by atoms with Crippen molar-refractivity contribution < 1.29 is 19.1 Å². The zero-order valence-electron chi connectivity index (χ0n) is 14.0. The van der Waals surface area contributed by atoms with E-state index in [1.807, 2.05) is 32.9 Å². The van der Waals surface area contributed by atoms with E-state index in [4.69, 9.17) is 9.47 Å². The van der Waals surface area contributed by atoms with Crippen molar-refractivity contribution >= 4 is 17.7 Å². The maximum atomic E-state index is 11.7. The number of nitrogens with one attached hydrogen (secondary N) is 2. The lowest BCUT2D eigenvalue weighted by Gasteiger charge is -2.37. The van der Waals surface area contributed by atoms with Gasteiger partial charge in [-0.3, -0.25) is 0 Å². The van der Waals surface area contributed by atoms with E-state index in [1.165, 1.54) is 7.11 Å². The van der Waals surface area contributed by atoms with Gasteiger partial charge in [0.2, 0.25) is 0 Å². The normalized spacial score (nSPS) is 20.2. The first-order valence-corrected chi connectivity index (χ1v) is 7.71. The number of hydrogen-bond donors (Lipinski definition) is 2. The summed E-state index contributed by atoms with van der Waals surface area (Å²) >= 11 is 0. The van der Waals surface area contributed by atoms with Crippen molar-refractivity contribution in [2.45, 2.75) is 51.3 Å². The fourth-order valence-electron chi connectivity index (χ4n) is 2.42. The lowest BCUT2D eigenvalue weighted by Crippen LogP contribution is -2.50. The number of amides is 1. The van der Waals surface area contributed by atoms with Crippen LogP contribution in [0.25, 0.3) is 0 Å². The Balaban J connectivity index is 1.78. The number of carbonyl (C=O) groups excluding carboxylic acids is 2. The predicted octanol–water partition coefficient (Wildman–Crippen LogP) is 2.94. The van der Waals surface area contributed by atoms with Crippen molar-refractivity contribution in [3.8, 4) is 0 Å². The van der Waals surface area contributed by atoms with Gasteiger partial charge in [0.05, 0.1) is 12.7 Å². The number of esters is 1. The Labute approximate surface area is 136 Å². The largest absolute Gasteiger partial charge is 0.465 e. The summed E-state index contributed by atoms with van der Waals surface area (Å²) in [4.78, 5) is 23.2. The molecule has 6 heteroatoms. The number of hydrogen-bond acceptors (Lipinski definition) is 5. The smallest absolute Gasteiger partial charge is 0.407 e. The van der Waals surface area contributed by atoms with Crippen molar-refractivity contribution in [1.29, 1.82) is 0 Å². The Bertz CT molecular complexity index is 574. The molecule has 0 heterocycles. The zero-order valence-corrected chi connectivity index (χ0v) is 14.0. The van der Waals surface area contributed by atoms with Gasteiger partial charge in [0, 0.05) is 17.8 Å². The molecule has 0 atom stereocenters. The van der Waals surface area contributed by atoms with Crippen LogP contribution in [0.15, 0.2) is 24.3 Å². The maximum absolute atomic E-state index is 11.7. The number of alkyl carbamates (subject to hydrolysis) is 1. The first-order chi connectivity index (χ1) is 10.8. The molecule has 6 nitrogen and oxygen atoms in total. The molecule has 126 valence electrons. The monoisotopic (exact) mass is 320 g/mol. The number of anilines is 1. The molecule has 2 N–H and O–H groups in total. The second-order valence-electron chi connectivity index (χ2n) is 6.73. The highest BCUT2D eigenvalue weighted by Crippen LogP contribution is 2.25. The molecule has 0 aromatic heterocycles. The van der Waals surface area contributed by atoms with Crippen molar-refractivity contribution in [1.82, 2.24) is 5.32 Å². The fourth-order valence-corrected chi connectivity index (χ4v) is 2.42. The minimum atomic E-state index is -0.486. The summed E-state index contributed by atoms with van der Waals surface area (Å²) in [6.45, 7) is 5.52. The van der Waals surface area contributed by atoms with Crippen LogP contribution in [0.3, 0.4) is 0 Å². The third-order valence-corrected chi connectivity index (χ3v) is 3.51. The van der Waals surface area contributed by atoms with Gasteiger partial charge in [0.1, 0.15) is 5.60 Å². The van der Waals surface area contributed by atoms with Crippen molar-refractivity contribution in [3.05, 3.63) is 29.8 Å². The summed E-state index contributed by atoms with van der Waals surface area (Å²) in [5.41, 5.74) is 0.897. The standard InChI is InChI=1S/C17H24N2O4/c1-17(2,3)23-16(21)19-14-9-13(10-14)18-12-7-5-6-11(8-12)15(20)22-4/h5-8,13-14,18H,9-10H2,1-4H3,(H,19,21). The summed E-state index contributed by atoms with van der Waals surface area (Å²) in [6, 6.07) is 7.57. The van der Waals surface area contributed by atoms with Gasteiger partial charge in [-0.15, -0.1) is 0 Å². The SMILES string of the molecule is COC(=O)c1cccc(NC2CC(NC(=O)OC(C)(C)C)C2)c1. The molecule has 1 aliphatic carbocycles. The molecule has 0 radical (unpaired) electrons. The quantitative estimate of drug-likeness (QED) is 0.834. The van der Waals surface area contributed by atoms with Gasteiger partial charge in [0.15, 0.2) is 0 Å². The summed E-state index contributed by atoms with van der Waals surface area (Å²) in [5.74, 6) is -0.355. The van der Waals surface area contributed by atoms with Crippen LogP contribution in [-0.2, 0) is 9.47 Å². The number of methoxy groups -OCH3 is 1. The van der Waals surface area contributed by atoms with E-state index in [2.05, 4.69) is 10.6 Å². The van der Waals surface area contributed by atoms with Gasteiger partial charge in [-0.25, -0.2) is 9.59 Å². The topological polar surface area (TPSA) is 76.7 Å². The van der Waals surface area contributed by atoms with Crippen LogP contribution in [0.5, 0.6) is 0 Å². The van der Waals surface area contributed by atoms with E-state index in [1.54, 1.807) is 12.1 Å². The second-order valence-corrected chi connectivity index (χ2v) is 6.73. The van der Waals surface area contributed by atoms with E-state index in [0.29, 0.717) is 5.56 Å². The summed E-state index contributed by atoms with van der Waals surface area (Å²) < 4.78 is 9.94. The number of rotatable bonds is 4. The molecule has 0 aliphatic heterocycles. The van der Waals surface area contributed by atoms with Gasteiger partial charge in [0.25, 0.3) is 0 Å². The average molecular weight is 320 g/mol. The summed E-state index contributed by atoms with van der Waals surface area (Å²) in [7, 11) is 1.36. The van der Waals surface area contributed by atoms with Crippen LogP contribution in [-0.4, -0.2) is 36.9 Å². The van der Waals surface area contributed by atoms with Gasteiger partial charge >= 0.3 is 12.1 Å². The molecular weight excluding hydrogens is 296 g/mol. The molecule has 1 amide bonds. The molecule has 1 aromatic carbocycles. The molecule has 1 saturated carbocycles. The molecule has 23 heavy (non-hydrogen) atoms. The highest BCUT2D eigenvalue weighted by atomic mass is 16.6. The lowest BCUT2D eigenvalue weighted by atomic mass is 9.86. The Hall–Kier alpha value is -2.24. The number of ether oxygens (including phenoxy) is 2. The molecule has 0 bridgehead atoms. The highest BCUT2D eigenvalue weighted by molar-refractivity contribution is 5.90. The third-order valence-electron chi connectivity index (χ3n) is 3.51. The molecule has 0 saturated heterocycles. The number of benzene rings is 1. The average Bonchev–Trinajstić information content (AvgIpc) is 2.42. The Morgan fingerprint density at radius 3 is 2.48 bits per heavy atom. The predicted molar refractivity (Wildman–Crippen MR) is 87.6 cm³/mol. The molecule has 0 unspecified atom stereocenters. The second kappa shape index (κ2) is 6.89. The Morgan fingerprint density at radius 2 is 1.87 bits per heavy atom. The van der Waals surface area contributed by atoms with Gasteiger partial charge < -0.3 is 20.1 Å². The van der Waals surface area contributed by atoms with Crippen molar-refractivity contribution in [3.63, 3.8) is 0 Å². The Kier molecular flexibility index (Phi) is 5.13. The van der Waals surface area contributed by atoms with E-state index >= 15 is 0 Å². The van der Waals surface area contributed by atoms with Crippen LogP contribution in [0.2, 0.25) is 0 Å². The molecule has 1 aromatic rings. The van der Waals surface area contributed by atoms with Crippen LogP contribution in [0, 0.1) is 0 Å². The lowest BCUT2D eigenvalue weighted by molar-refractivity contribution is 0.0474. The molecular formula is C17H24N2O4. The van der Waals surface area contributed by atoms with E-state index in [-0.39, 0.29) is 24.1 Å². The summed E-state index contributed by atoms with van der Waals surface area (Å²) in [6.07, 6.45) is 1.26. The van der Waals surface area contributed by atoms with Crippen LogP contribution < -0.4 is 10.6 Å². The Morgan fingerprint density at radius 1 is 1.17 bits per heavy atom. The zero-order chi connectivity index (χ0) is 17.0. The van der Waals surface area contributed by atoms with Gasteiger partial charge in [-0.2, -0.15) is 0 Å². The van der Waals surface area contributed by atoms with Crippen LogP contribution >= 0.6 is 0 Å². The van der Waals surface area contributed by atoms with E-state index in [0.717, 1.165) is 18.5 Å². The van der Waals surface area contributed by atoms with E-state index in [9.17, 15) is 9.59 Å².